The number of likely N-dealkylation sites (tertiary alicyclic amines) is 1. The number of ketones is 1. The first-order chi connectivity index (χ1) is 14.2. The van der Waals surface area contributed by atoms with E-state index >= 15 is 0 Å². The average Bonchev–Trinajstić information content (AvgIpc) is 3.19. The normalized spacial score (nSPS) is 17.8. The predicted octanol–water partition coefficient (Wildman–Crippen LogP) is 1.07. The molecule has 0 bridgehead atoms. The molecule has 1 aliphatic rings. The Kier molecular flexibility index (Phi) is 8.16. The maximum Gasteiger partial charge on any atom is 0.407 e. The molecule has 30 heavy (non-hydrogen) atoms. The van der Waals surface area contributed by atoms with Crippen LogP contribution in [0.1, 0.15) is 30.6 Å². The Bertz CT molecular complexity index is 780. The number of hydrogen-bond donors (Lipinski definition) is 2. The fraction of sp³-hybridized carbons (Fsp3) is 0.500. The fourth-order valence-corrected chi connectivity index (χ4v) is 3.11. The highest BCUT2D eigenvalue weighted by atomic mass is 16.6. The van der Waals surface area contributed by atoms with Crippen molar-refractivity contribution in [2.75, 3.05) is 26.3 Å². The molecule has 3 N–H and O–H groups in total. The van der Waals surface area contributed by atoms with Gasteiger partial charge in [-0.3, -0.25) is 9.59 Å². The lowest BCUT2D eigenvalue weighted by Crippen LogP contribution is -2.43. The Balaban J connectivity index is 1.98. The number of ether oxygens (including phenoxy) is 3. The number of carbonyl (C=O) groups excluding carboxylic acids is 3. The van der Waals surface area contributed by atoms with Crippen LogP contribution in [0.5, 0.6) is 5.75 Å². The van der Waals surface area contributed by atoms with Gasteiger partial charge in [0.05, 0.1) is 25.2 Å². The van der Waals surface area contributed by atoms with Gasteiger partial charge in [0, 0.05) is 12.1 Å². The standard InChI is InChI=1S/C20H26N2O8/c1-3-28-16(23)11-29-14-6-4-13(5-7-14)17(24)12(2)18(19(21)25)30-15-8-9-22(10-15)20(26)27/h4-7,12,15,18H,3,8-11H2,1-2H3,(H2,21,25)(H,26,27)/t12-,15-,18?/m1/s1. The smallest absolute Gasteiger partial charge is 0.407 e. The highest BCUT2D eigenvalue weighted by Gasteiger charge is 2.35. The fourth-order valence-electron chi connectivity index (χ4n) is 3.11. The van der Waals surface area contributed by atoms with E-state index in [-0.39, 0.29) is 25.5 Å². The van der Waals surface area contributed by atoms with Crippen molar-refractivity contribution in [1.82, 2.24) is 4.90 Å². The Morgan fingerprint density at radius 3 is 2.43 bits per heavy atom. The van der Waals surface area contributed by atoms with Crippen LogP contribution in [0.4, 0.5) is 4.79 Å². The number of carbonyl (C=O) groups is 4. The van der Waals surface area contributed by atoms with Crippen molar-refractivity contribution in [1.29, 1.82) is 0 Å². The first kappa shape index (κ1) is 23.1. The van der Waals surface area contributed by atoms with Gasteiger partial charge in [-0.05, 0) is 37.6 Å². The van der Waals surface area contributed by atoms with Crippen LogP contribution < -0.4 is 10.5 Å². The molecular formula is C20H26N2O8. The van der Waals surface area contributed by atoms with Gasteiger partial charge in [0.2, 0.25) is 5.91 Å². The molecule has 2 amide bonds. The largest absolute Gasteiger partial charge is 0.482 e. The second-order valence-corrected chi connectivity index (χ2v) is 6.87. The summed E-state index contributed by atoms with van der Waals surface area (Å²) in [6.07, 6.45) is -2.33. The number of nitrogens with zero attached hydrogens (tertiary/aromatic N) is 1. The Hall–Kier alpha value is -3.14. The van der Waals surface area contributed by atoms with Crippen molar-refractivity contribution in [3.8, 4) is 5.75 Å². The summed E-state index contributed by atoms with van der Waals surface area (Å²) in [5.41, 5.74) is 5.75. The van der Waals surface area contributed by atoms with Crippen LogP contribution in [0.3, 0.4) is 0 Å². The molecule has 1 unspecified atom stereocenters. The summed E-state index contributed by atoms with van der Waals surface area (Å²) in [6, 6.07) is 6.08. The van der Waals surface area contributed by atoms with Gasteiger partial charge >= 0.3 is 12.1 Å². The number of hydrogen-bond acceptors (Lipinski definition) is 7. The Labute approximate surface area is 173 Å². The van der Waals surface area contributed by atoms with Gasteiger partial charge in [-0.15, -0.1) is 0 Å². The zero-order valence-corrected chi connectivity index (χ0v) is 16.9. The lowest BCUT2D eigenvalue weighted by molar-refractivity contribution is -0.145. The van der Waals surface area contributed by atoms with E-state index in [9.17, 15) is 19.2 Å². The van der Waals surface area contributed by atoms with E-state index in [1.807, 2.05) is 0 Å². The van der Waals surface area contributed by atoms with E-state index in [1.165, 1.54) is 36.1 Å². The third-order valence-electron chi connectivity index (χ3n) is 4.70. The van der Waals surface area contributed by atoms with Crippen molar-refractivity contribution < 1.29 is 38.5 Å². The molecule has 10 heteroatoms. The summed E-state index contributed by atoms with van der Waals surface area (Å²) in [5.74, 6) is -2.13. The number of carboxylic acid groups (broad SMARTS) is 1. The molecule has 1 heterocycles. The van der Waals surface area contributed by atoms with E-state index in [1.54, 1.807) is 6.92 Å². The first-order valence-corrected chi connectivity index (χ1v) is 9.58. The van der Waals surface area contributed by atoms with Crippen molar-refractivity contribution in [3.63, 3.8) is 0 Å². The molecule has 1 aromatic rings. The molecular weight excluding hydrogens is 396 g/mol. The van der Waals surface area contributed by atoms with Crippen molar-refractivity contribution in [2.45, 2.75) is 32.5 Å². The van der Waals surface area contributed by atoms with Gasteiger partial charge in [0.15, 0.2) is 12.4 Å². The topological polar surface area (TPSA) is 145 Å². The molecule has 0 saturated carbocycles. The second kappa shape index (κ2) is 10.6. The lowest BCUT2D eigenvalue weighted by atomic mass is 9.93. The molecule has 2 rings (SSSR count). The molecule has 1 aromatic carbocycles. The third-order valence-corrected chi connectivity index (χ3v) is 4.70. The van der Waals surface area contributed by atoms with Crippen LogP contribution in [0.15, 0.2) is 24.3 Å². The number of Topliss-reactive ketones (excluding diaryl/α,β-unsaturated/α-hetero) is 1. The highest BCUT2D eigenvalue weighted by Crippen LogP contribution is 2.22. The van der Waals surface area contributed by atoms with E-state index in [2.05, 4.69) is 0 Å². The molecule has 1 aliphatic heterocycles. The van der Waals surface area contributed by atoms with Gasteiger partial charge in [-0.2, -0.15) is 0 Å². The summed E-state index contributed by atoms with van der Waals surface area (Å²) < 4.78 is 15.7. The zero-order chi connectivity index (χ0) is 22.3. The molecule has 10 nitrogen and oxygen atoms in total. The second-order valence-electron chi connectivity index (χ2n) is 6.87. The van der Waals surface area contributed by atoms with Crippen molar-refractivity contribution >= 4 is 23.8 Å². The molecule has 0 aromatic heterocycles. The number of nitrogens with two attached hydrogens (primary N) is 1. The van der Waals surface area contributed by atoms with Gasteiger partial charge in [-0.25, -0.2) is 9.59 Å². The van der Waals surface area contributed by atoms with E-state index in [0.29, 0.717) is 24.3 Å². The van der Waals surface area contributed by atoms with Crippen LogP contribution in [-0.2, 0) is 19.1 Å². The SMILES string of the molecule is CCOC(=O)COc1ccc(C(=O)[C@@H](C)C(O[C@@H]2CCN(C(=O)O)C2)C(N)=O)cc1. The van der Waals surface area contributed by atoms with Crippen LogP contribution in [0.2, 0.25) is 0 Å². The molecule has 3 atom stereocenters. The molecule has 1 fully saturated rings. The number of esters is 1. The van der Waals surface area contributed by atoms with E-state index in [0.717, 1.165) is 0 Å². The minimum absolute atomic E-state index is 0.118. The quantitative estimate of drug-likeness (QED) is 0.421. The summed E-state index contributed by atoms with van der Waals surface area (Å²) in [5, 5.41) is 9.03. The van der Waals surface area contributed by atoms with Crippen molar-refractivity contribution in [2.24, 2.45) is 11.7 Å². The zero-order valence-electron chi connectivity index (χ0n) is 16.9. The monoisotopic (exact) mass is 422 g/mol. The molecule has 1 saturated heterocycles. The minimum atomic E-state index is -1.18. The van der Waals surface area contributed by atoms with Crippen LogP contribution in [0.25, 0.3) is 0 Å². The molecule has 0 aliphatic carbocycles. The summed E-state index contributed by atoms with van der Waals surface area (Å²) >= 11 is 0. The van der Waals surface area contributed by atoms with Crippen LogP contribution >= 0.6 is 0 Å². The summed E-state index contributed by atoms with van der Waals surface area (Å²) in [7, 11) is 0. The predicted molar refractivity (Wildman–Crippen MR) is 104 cm³/mol. The lowest BCUT2D eigenvalue weighted by Gasteiger charge is -2.24. The number of primary amides is 1. The van der Waals surface area contributed by atoms with Gasteiger partial charge in [-0.1, -0.05) is 6.92 Å². The highest BCUT2D eigenvalue weighted by molar-refractivity contribution is 6.00. The summed E-state index contributed by atoms with van der Waals surface area (Å²) in [4.78, 5) is 48.2. The number of amides is 2. The maximum absolute atomic E-state index is 12.8. The number of benzene rings is 1. The minimum Gasteiger partial charge on any atom is -0.482 e. The van der Waals surface area contributed by atoms with E-state index < -0.39 is 36.1 Å². The van der Waals surface area contributed by atoms with Crippen LogP contribution in [-0.4, -0.2) is 72.3 Å². The Morgan fingerprint density at radius 1 is 1.23 bits per heavy atom. The molecule has 0 radical (unpaired) electrons. The van der Waals surface area contributed by atoms with Gasteiger partial charge in [0.25, 0.3) is 0 Å². The molecule has 0 spiro atoms. The van der Waals surface area contributed by atoms with Crippen molar-refractivity contribution in [3.05, 3.63) is 29.8 Å². The van der Waals surface area contributed by atoms with Crippen LogP contribution in [0, 0.1) is 5.92 Å². The number of rotatable bonds is 10. The third kappa shape index (κ3) is 6.18. The summed E-state index contributed by atoms with van der Waals surface area (Å²) in [6.45, 7) is 3.65. The first-order valence-electron chi connectivity index (χ1n) is 9.58. The maximum atomic E-state index is 12.8. The Morgan fingerprint density at radius 2 is 1.90 bits per heavy atom. The van der Waals surface area contributed by atoms with Gasteiger partial charge < -0.3 is 30.0 Å². The van der Waals surface area contributed by atoms with E-state index in [4.69, 9.17) is 25.1 Å². The van der Waals surface area contributed by atoms with Gasteiger partial charge in [0.1, 0.15) is 11.9 Å². The molecule has 164 valence electrons. The average molecular weight is 422 g/mol.